The highest BCUT2D eigenvalue weighted by molar-refractivity contribution is 4.81. The average molecular weight is 168 g/mol. The lowest BCUT2D eigenvalue weighted by molar-refractivity contribution is -0.181. The van der Waals surface area contributed by atoms with Gasteiger partial charge in [-0.1, -0.05) is 0 Å². The number of hydrogen-bond donors (Lipinski definition) is 1. The van der Waals surface area contributed by atoms with Gasteiger partial charge in [0.2, 0.25) is 0 Å². The lowest BCUT2D eigenvalue weighted by Crippen LogP contribution is -2.47. The van der Waals surface area contributed by atoms with Crippen molar-refractivity contribution in [1.82, 2.24) is 10.4 Å². The van der Waals surface area contributed by atoms with Crippen molar-refractivity contribution in [3.05, 3.63) is 0 Å². The van der Waals surface area contributed by atoms with Crippen LogP contribution in [0.25, 0.3) is 0 Å². The average Bonchev–Trinajstić information content (AvgIpc) is 2.31. The van der Waals surface area contributed by atoms with Crippen LogP contribution in [0.5, 0.6) is 0 Å². The molecule has 1 saturated heterocycles. The van der Waals surface area contributed by atoms with Crippen molar-refractivity contribution in [3.63, 3.8) is 0 Å². The van der Waals surface area contributed by atoms with E-state index in [0.717, 1.165) is 0 Å². The SMILES string of the molecule is CNN1CCCC1C(F)(F)F. The van der Waals surface area contributed by atoms with Gasteiger partial charge < -0.3 is 0 Å². The highest BCUT2D eigenvalue weighted by Gasteiger charge is 2.45. The molecular formula is C6H11F3N2. The van der Waals surface area contributed by atoms with Crippen LogP contribution in [0.3, 0.4) is 0 Å². The van der Waals surface area contributed by atoms with Crippen molar-refractivity contribution in [1.29, 1.82) is 0 Å². The minimum atomic E-state index is -4.08. The molecule has 66 valence electrons. The van der Waals surface area contributed by atoms with Gasteiger partial charge in [-0.05, 0) is 19.9 Å². The molecular weight excluding hydrogens is 157 g/mol. The Bertz CT molecular complexity index is 134. The molecule has 0 amide bonds. The summed E-state index contributed by atoms with van der Waals surface area (Å²) in [5.74, 6) is 0. The summed E-state index contributed by atoms with van der Waals surface area (Å²) in [6.07, 6.45) is -3.26. The molecule has 2 nitrogen and oxygen atoms in total. The molecule has 0 radical (unpaired) electrons. The smallest absolute Gasteiger partial charge is 0.258 e. The number of hydrazine groups is 1. The Labute approximate surface area is 63.3 Å². The predicted octanol–water partition coefficient (Wildman–Crippen LogP) is 1.15. The summed E-state index contributed by atoms with van der Waals surface area (Å²) in [5, 5.41) is 1.24. The van der Waals surface area contributed by atoms with Gasteiger partial charge in [0.1, 0.15) is 6.04 Å². The van der Waals surface area contributed by atoms with E-state index < -0.39 is 12.2 Å². The highest BCUT2D eigenvalue weighted by atomic mass is 19.4. The Morgan fingerprint density at radius 1 is 1.45 bits per heavy atom. The van der Waals surface area contributed by atoms with Crippen LogP contribution < -0.4 is 5.43 Å². The van der Waals surface area contributed by atoms with Gasteiger partial charge in [0.15, 0.2) is 0 Å². The lowest BCUT2D eigenvalue weighted by Gasteiger charge is -2.24. The third-order valence-electron chi connectivity index (χ3n) is 1.92. The highest BCUT2D eigenvalue weighted by Crippen LogP contribution is 2.30. The van der Waals surface area contributed by atoms with E-state index in [4.69, 9.17) is 0 Å². The summed E-state index contributed by atoms with van der Waals surface area (Å²) in [7, 11) is 1.52. The Morgan fingerprint density at radius 2 is 2.09 bits per heavy atom. The van der Waals surface area contributed by atoms with Gasteiger partial charge >= 0.3 is 6.18 Å². The van der Waals surface area contributed by atoms with Gasteiger partial charge in [-0.3, -0.25) is 5.43 Å². The molecule has 0 aromatic carbocycles. The van der Waals surface area contributed by atoms with E-state index in [1.54, 1.807) is 0 Å². The summed E-state index contributed by atoms with van der Waals surface area (Å²) in [5.41, 5.74) is 2.53. The van der Waals surface area contributed by atoms with Crippen molar-refractivity contribution in [2.24, 2.45) is 0 Å². The molecule has 1 unspecified atom stereocenters. The number of nitrogens with one attached hydrogen (secondary N) is 1. The van der Waals surface area contributed by atoms with Crippen LogP contribution in [0.1, 0.15) is 12.8 Å². The van der Waals surface area contributed by atoms with Crippen LogP contribution >= 0.6 is 0 Å². The Balaban J connectivity index is 2.57. The van der Waals surface area contributed by atoms with E-state index in [-0.39, 0.29) is 6.42 Å². The van der Waals surface area contributed by atoms with Crippen molar-refractivity contribution >= 4 is 0 Å². The van der Waals surface area contributed by atoms with E-state index in [0.29, 0.717) is 13.0 Å². The number of nitrogens with zero attached hydrogens (tertiary/aromatic N) is 1. The summed E-state index contributed by atoms with van der Waals surface area (Å²) in [6.45, 7) is 0.487. The van der Waals surface area contributed by atoms with E-state index in [2.05, 4.69) is 5.43 Å². The second kappa shape index (κ2) is 2.98. The maximum atomic E-state index is 12.1. The monoisotopic (exact) mass is 168 g/mol. The van der Waals surface area contributed by atoms with Gasteiger partial charge in [-0.2, -0.15) is 13.2 Å². The normalized spacial score (nSPS) is 27.8. The third kappa shape index (κ3) is 1.84. The van der Waals surface area contributed by atoms with Gasteiger partial charge in [-0.15, -0.1) is 0 Å². The zero-order valence-electron chi connectivity index (χ0n) is 6.28. The number of rotatable bonds is 1. The van der Waals surface area contributed by atoms with E-state index in [1.165, 1.54) is 12.1 Å². The number of alkyl halides is 3. The zero-order chi connectivity index (χ0) is 8.48. The fourth-order valence-corrected chi connectivity index (χ4v) is 1.37. The molecule has 1 aliphatic heterocycles. The van der Waals surface area contributed by atoms with Crippen molar-refractivity contribution in [2.45, 2.75) is 25.1 Å². The molecule has 1 aliphatic rings. The summed E-state index contributed by atoms with van der Waals surface area (Å²) in [6, 6.07) is -1.28. The summed E-state index contributed by atoms with van der Waals surface area (Å²) in [4.78, 5) is 0. The molecule has 0 spiro atoms. The molecule has 5 heteroatoms. The summed E-state index contributed by atoms with van der Waals surface area (Å²) >= 11 is 0. The molecule has 0 aromatic rings. The molecule has 1 fully saturated rings. The van der Waals surface area contributed by atoms with Gasteiger partial charge in [0.25, 0.3) is 0 Å². The molecule has 1 heterocycles. The molecule has 1 rings (SSSR count). The van der Waals surface area contributed by atoms with Crippen LogP contribution in [-0.4, -0.2) is 30.8 Å². The fraction of sp³-hybridized carbons (Fsp3) is 1.00. The van der Waals surface area contributed by atoms with Crippen molar-refractivity contribution in [2.75, 3.05) is 13.6 Å². The molecule has 0 aliphatic carbocycles. The first kappa shape index (κ1) is 8.80. The van der Waals surface area contributed by atoms with Gasteiger partial charge in [0, 0.05) is 6.54 Å². The second-order valence-corrected chi connectivity index (χ2v) is 2.62. The topological polar surface area (TPSA) is 15.3 Å². The van der Waals surface area contributed by atoms with Crippen LogP contribution in [-0.2, 0) is 0 Å². The number of halogens is 3. The third-order valence-corrected chi connectivity index (χ3v) is 1.92. The van der Waals surface area contributed by atoms with Crippen molar-refractivity contribution < 1.29 is 13.2 Å². The standard InChI is InChI=1S/C6H11F3N2/c1-10-11-4-2-3-5(11)6(7,8)9/h5,10H,2-4H2,1H3. The Kier molecular flexibility index (Phi) is 2.39. The van der Waals surface area contributed by atoms with Crippen LogP contribution in [0.4, 0.5) is 13.2 Å². The minimum absolute atomic E-state index is 0.213. The maximum absolute atomic E-state index is 12.1. The van der Waals surface area contributed by atoms with Gasteiger partial charge in [-0.25, -0.2) is 5.01 Å². The molecule has 1 N–H and O–H groups in total. The largest absolute Gasteiger partial charge is 0.405 e. The molecule has 0 bridgehead atoms. The molecule has 1 atom stereocenters. The predicted molar refractivity (Wildman–Crippen MR) is 34.8 cm³/mol. The van der Waals surface area contributed by atoms with Gasteiger partial charge in [0.05, 0.1) is 0 Å². The quantitative estimate of drug-likeness (QED) is 0.631. The first-order chi connectivity index (χ1) is 5.05. The minimum Gasteiger partial charge on any atom is -0.258 e. The Morgan fingerprint density at radius 3 is 2.45 bits per heavy atom. The molecule has 11 heavy (non-hydrogen) atoms. The van der Waals surface area contributed by atoms with Crippen LogP contribution in [0.15, 0.2) is 0 Å². The summed E-state index contributed by atoms with van der Waals surface area (Å²) < 4.78 is 36.3. The first-order valence-corrected chi connectivity index (χ1v) is 3.56. The lowest BCUT2D eigenvalue weighted by atomic mass is 10.2. The Hall–Kier alpha value is -0.290. The van der Waals surface area contributed by atoms with E-state index in [9.17, 15) is 13.2 Å². The fourth-order valence-electron chi connectivity index (χ4n) is 1.37. The number of hydrogen-bond acceptors (Lipinski definition) is 2. The second-order valence-electron chi connectivity index (χ2n) is 2.62. The van der Waals surface area contributed by atoms with Crippen LogP contribution in [0, 0.1) is 0 Å². The zero-order valence-corrected chi connectivity index (χ0v) is 6.28. The molecule has 0 saturated carbocycles. The van der Waals surface area contributed by atoms with Crippen molar-refractivity contribution in [3.8, 4) is 0 Å². The van der Waals surface area contributed by atoms with E-state index >= 15 is 0 Å². The van der Waals surface area contributed by atoms with Crippen LogP contribution in [0.2, 0.25) is 0 Å². The molecule has 0 aromatic heterocycles. The first-order valence-electron chi connectivity index (χ1n) is 3.56. The van der Waals surface area contributed by atoms with E-state index in [1.807, 2.05) is 0 Å². The maximum Gasteiger partial charge on any atom is 0.405 e.